The third-order valence-electron chi connectivity index (χ3n) is 9.56. The number of nitrogens with zero attached hydrogens (tertiary/aromatic N) is 8. The van der Waals surface area contributed by atoms with E-state index in [1.165, 1.54) is 22.3 Å². The normalized spacial score (nSPS) is 17.5. The Morgan fingerprint density at radius 2 is 0.559 bits per heavy atom. The lowest BCUT2D eigenvalue weighted by Gasteiger charge is -2.20. The number of hydrogen-bond acceptors (Lipinski definition) is 12. The molecule has 1 saturated heterocycles. The maximum Gasteiger partial charge on any atom is 0.0892 e. The van der Waals surface area contributed by atoms with E-state index in [0.29, 0.717) is 26.4 Å². The molecule has 0 amide bonds. The van der Waals surface area contributed by atoms with Gasteiger partial charge in [-0.3, -0.25) is 9.80 Å². The van der Waals surface area contributed by atoms with Gasteiger partial charge < -0.3 is 28.7 Å². The molecule has 6 rings (SSSR count). The number of aryl methyl sites for hydroxylation is 4. The Hall–Kier alpha value is -3.72. The molecule has 4 aromatic rings. The molecule has 1 fully saturated rings. The third kappa shape index (κ3) is 18.2. The van der Waals surface area contributed by atoms with Gasteiger partial charge in [-0.2, -0.15) is 0 Å². The number of fused-ring (bicyclic) bond motifs is 10. The number of ether oxygens (including phenoxy) is 4. The molecule has 2 aliphatic heterocycles. The van der Waals surface area contributed by atoms with Crippen LogP contribution in [0.4, 0.5) is 0 Å². The van der Waals surface area contributed by atoms with Crippen molar-refractivity contribution in [3.05, 3.63) is 93.6 Å². The van der Waals surface area contributed by atoms with Crippen molar-refractivity contribution in [1.29, 1.82) is 0 Å². The van der Waals surface area contributed by atoms with E-state index in [0.717, 1.165) is 124 Å². The SMILES string of the molecule is C.C.C.CN1CCOCCOCCN(C)CCOCCOCC1.Cc1cc2nc(c1)-c1cc(C)cc(n1)CN(C)Cc1cc(C)cc(n1)-c1cc(C)cc(n1)CN(C)C2. The molecule has 4 aromatic heterocycles. The van der Waals surface area contributed by atoms with E-state index in [1.807, 2.05) is 0 Å². The average molecular weight is 817 g/mol. The van der Waals surface area contributed by atoms with Gasteiger partial charge in [0.15, 0.2) is 0 Å². The van der Waals surface area contributed by atoms with Gasteiger partial charge in [-0.25, -0.2) is 19.9 Å². The van der Waals surface area contributed by atoms with Crippen LogP contribution in [0.1, 0.15) is 67.3 Å². The van der Waals surface area contributed by atoms with Crippen molar-refractivity contribution in [3.63, 3.8) is 0 Å². The highest BCUT2D eigenvalue weighted by Gasteiger charge is 2.15. The van der Waals surface area contributed by atoms with Crippen molar-refractivity contribution >= 4 is 0 Å². The van der Waals surface area contributed by atoms with Gasteiger partial charge in [-0.1, -0.05) is 22.3 Å². The molecule has 12 nitrogen and oxygen atoms in total. The Bertz CT molecular complexity index is 1570. The van der Waals surface area contributed by atoms with Gasteiger partial charge in [0.1, 0.15) is 0 Å². The van der Waals surface area contributed by atoms with Crippen molar-refractivity contribution in [1.82, 2.24) is 39.5 Å². The highest BCUT2D eigenvalue weighted by molar-refractivity contribution is 5.58. The third-order valence-corrected chi connectivity index (χ3v) is 9.56. The minimum absolute atomic E-state index is 0. The largest absolute Gasteiger partial charge is 0.378 e. The van der Waals surface area contributed by atoms with Crippen LogP contribution < -0.4 is 0 Å². The van der Waals surface area contributed by atoms with Gasteiger partial charge in [0.05, 0.1) is 98.4 Å². The van der Waals surface area contributed by atoms with E-state index < -0.39 is 0 Å². The van der Waals surface area contributed by atoms with Crippen LogP contribution in [0.3, 0.4) is 0 Å². The summed E-state index contributed by atoms with van der Waals surface area (Å²) in [7, 11) is 8.39. The van der Waals surface area contributed by atoms with Gasteiger partial charge in [-0.05, 0) is 127 Å². The molecule has 0 unspecified atom stereocenters. The molecular formula is C47H76N8O4. The summed E-state index contributed by atoms with van der Waals surface area (Å²) in [6, 6.07) is 17.2. The first kappa shape index (κ1) is 51.4. The lowest BCUT2D eigenvalue weighted by Crippen LogP contribution is -2.29. The number of hydrogen-bond donors (Lipinski definition) is 0. The van der Waals surface area contributed by atoms with Crippen molar-refractivity contribution in [2.75, 3.05) is 107 Å². The Morgan fingerprint density at radius 3 is 0.780 bits per heavy atom. The minimum atomic E-state index is 0. The molecule has 6 heterocycles. The van der Waals surface area contributed by atoms with E-state index in [1.54, 1.807) is 0 Å². The molecule has 0 saturated carbocycles. The number of aromatic nitrogens is 4. The highest BCUT2D eigenvalue weighted by atomic mass is 16.5. The van der Waals surface area contributed by atoms with Crippen LogP contribution in [-0.4, -0.2) is 147 Å². The van der Waals surface area contributed by atoms with E-state index in [2.05, 4.69) is 124 Å². The molecule has 0 aliphatic carbocycles. The van der Waals surface area contributed by atoms with Gasteiger partial charge in [0, 0.05) is 52.4 Å². The van der Waals surface area contributed by atoms with Crippen LogP contribution in [0.5, 0.6) is 0 Å². The predicted octanol–water partition coefficient (Wildman–Crippen LogP) is 7.25. The fourth-order valence-electron chi connectivity index (χ4n) is 6.77. The van der Waals surface area contributed by atoms with Gasteiger partial charge >= 0.3 is 0 Å². The molecular weight excluding hydrogens is 741 g/mol. The lowest BCUT2D eigenvalue weighted by atomic mass is 10.1. The van der Waals surface area contributed by atoms with E-state index in [-0.39, 0.29) is 22.3 Å². The molecule has 328 valence electrons. The Labute approximate surface area is 357 Å². The second kappa shape index (κ2) is 26.5. The summed E-state index contributed by atoms with van der Waals surface area (Å²) in [5, 5.41) is 0. The number of pyridine rings is 4. The number of likely N-dealkylation sites (N-methyl/N-ethyl adjacent to an activating group) is 2. The topological polar surface area (TPSA) is 101 Å². The Kier molecular flexibility index (Phi) is 23.1. The lowest BCUT2D eigenvalue weighted by molar-refractivity contribution is 0.0137. The standard InChI is InChI=1S/C30H34N6.C14H30N2O4.3CH4/c1-19-7-23-15-35(5)16-25-9-21(3)13-29(33-25)30-14-22(4)10-26(34-30)18-36(6)17-24-8-20(2)12-28(32-24)27(11-19)31-23;1-15-3-7-17-11-13-19-9-5-16(2)6-10-20-14-12-18-8-4-15;;;/h7-14H,15-18H2,1-6H3;3-14H2,1-2H3;3*1H4. The maximum atomic E-state index is 5.54. The minimum Gasteiger partial charge on any atom is -0.378 e. The molecule has 0 N–H and O–H groups in total. The molecule has 0 spiro atoms. The fraction of sp³-hybridized carbons (Fsp3) is 0.574. The number of rotatable bonds is 0. The van der Waals surface area contributed by atoms with Gasteiger partial charge in [0.2, 0.25) is 0 Å². The predicted molar refractivity (Wildman–Crippen MR) is 243 cm³/mol. The summed E-state index contributed by atoms with van der Waals surface area (Å²) in [5.74, 6) is 0. The molecule has 12 heteroatoms. The molecule has 0 atom stereocenters. The van der Waals surface area contributed by atoms with Gasteiger partial charge in [-0.15, -0.1) is 0 Å². The molecule has 8 bridgehead atoms. The van der Waals surface area contributed by atoms with E-state index in [4.69, 9.17) is 38.9 Å². The van der Waals surface area contributed by atoms with Crippen LogP contribution in [0, 0.1) is 27.7 Å². The van der Waals surface area contributed by atoms with Crippen LogP contribution in [0.2, 0.25) is 0 Å². The first-order valence-corrected chi connectivity index (χ1v) is 19.9. The van der Waals surface area contributed by atoms with E-state index in [9.17, 15) is 0 Å². The molecule has 0 aromatic carbocycles. The Balaban J connectivity index is 0.000000450. The first-order chi connectivity index (χ1) is 27.0. The second-order valence-electron chi connectivity index (χ2n) is 15.5. The summed E-state index contributed by atoms with van der Waals surface area (Å²) >= 11 is 0. The average Bonchev–Trinajstić information content (AvgIpc) is 3.12. The Morgan fingerprint density at radius 1 is 0.339 bits per heavy atom. The zero-order valence-corrected chi connectivity index (χ0v) is 35.1. The molecule has 2 aliphatic rings. The van der Waals surface area contributed by atoms with Crippen molar-refractivity contribution < 1.29 is 18.9 Å². The van der Waals surface area contributed by atoms with Crippen molar-refractivity contribution in [3.8, 4) is 22.8 Å². The summed E-state index contributed by atoms with van der Waals surface area (Å²) < 4.78 is 22.1. The summed E-state index contributed by atoms with van der Waals surface area (Å²) in [6.45, 7) is 20.7. The fourth-order valence-corrected chi connectivity index (χ4v) is 6.77. The van der Waals surface area contributed by atoms with Crippen LogP contribution >= 0.6 is 0 Å². The molecule has 0 radical (unpaired) electrons. The quantitative estimate of drug-likeness (QED) is 0.179. The smallest absolute Gasteiger partial charge is 0.0892 e. The maximum absolute atomic E-state index is 5.54. The van der Waals surface area contributed by atoms with Gasteiger partial charge in [0.25, 0.3) is 0 Å². The summed E-state index contributed by atoms with van der Waals surface area (Å²) in [5.41, 5.74) is 12.6. The zero-order chi connectivity index (χ0) is 39.9. The van der Waals surface area contributed by atoms with Crippen LogP contribution in [-0.2, 0) is 45.1 Å². The summed E-state index contributed by atoms with van der Waals surface area (Å²) in [6.07, 6.45) is 0. The van der Waals surface area contributed by atoms with Crippen molar-refractivity contribution in [2.24, 2.45) is 0 Å². The van der Waals surface area contributed by atoms with E-state index >= 15 is 0 Å². The second-order valence-corrected chi connectivity index (χ2v) is 15.5. The first-order valence-electron chi connectivity index (χ1n) is 19.9. The van der Waals surface area contributed by atoms with Crippen LogP contribution in [0.15, 0.2) is 48.5 Å². The van der Waals surface area contributed by atoms with Crippen LogP contribution in [0.25, 0.3) is 22.8 Å². The molecule has 59 heavy (non-hydrogen) atoms. The highest BCUT2D eigenvalue weighted by Crippen LogP contribution is 2.24. The monoisotopic (exact) mass is 817 g/mol. The zero-order valence-electron chi connectivity index (χ0n) is 35.1. The van der Waals surface area contributed by atoms with Crippen molar-refractivity contribution in [2.45, 2.75) is 76.2 Å². The summed E-state index contributed by atoms with van der Waals surface area (Å²) in [4.78, 5) is 29.0.